The fourth-order valence-corrected chi connectivity index (χ4v) is 2.54. The Bertz CT molecular complexity index is 419. The Labute approximate surface area is 102 Å². The van der Waals surface area contributed by atoms with Gasteiger partial charge in [0.15, 0.2) is 0 Å². The van der Waals surface area contributed by atoms with Crippen LogP contribution in [0, 0.1) is 0 Å². The minimum atomic E-state index is 0.161. The van der Waals surface area contributed by atoms with E-state index in [9.17, 15) is 4.79 Å². The Balaban J connectivity index is 2.54. The summed E-state index contributed by atoms with van der Waals surface area (Å²) in [4.78, 5) is 11.6. The summed E-state index contributed by atoms with van der Waals surface area (Å²) in [6.07, 6.45) is 0.975. The molecular weight excluding hydrogens is 277 g/mol. The number of hydrogen-bond acceptors (Lipinski definition) is 2. The highest BCUT2D eigenvalue weighted by Gasteiger charge is 2.21. The summed E-state index contributed by atoms with van der Waals surface area (Å²) in [7, 11) is 0. The number of carbonyl (C=O) groups is 1. The molecule has 1 aromatic carbocycles. The van der Waals surface area contributed by atoms with E-state index in [-0.39, 0.29) is 11.8 Å². The Kier molecular flexibility index (Phi) is 3.03. The highest BCUT2D eigenvalue weighted by Crippen LogP contribution is 2.35. The molecule has 0 fully saturated rings. The van der Waals surface area contributed by atoms with Gasteiger partial charge < -0.3 is 5.32 Å². The maximum absolute atomic E-state index is 11.6. The van der Waals surface area contributed by atoms with Gasteiger partial charge in [-0.25, -0.2) is 0 Å². The molecule has 0 amide bonds. The lowest BCUT2D eigenvalue weighted by molar-refractivity contribution is -0.118. The number of nitrogens with one attached hydrogen (secondary N) is 1. The van der Waals surface area contributed by atoms with Gasteiger partial charge in [-0.3, -0.25) is 4.79 Å². The summed E-state index contributed by atoms with van der Waals surface area (Å²) < 4.78 is 0.962. The van der Waals surface area contributed by atoms with Crippen molar-refractivity contribution in [3.05, 3.63) is 27.2 Å². The average Bonchev–Trinajstić information content (AvgIpc) is 2.31. The van der Waals surface area contributed by atoms with Gasteiger partial charge in [0.2, 0.25) is 0 Å². The monoisotopic (exact) mass is 287 g/mol. The van der Waals surface area contributed by atoms with Gasteiger partial charge in [-0.15, -0.1) is 0 Å². The predicted molar refractivity (Wildman–Crippen MR) is 65.6 cm³/mol. The van der Waals surface area contributed by atoms with Gasteiger partial charge in [-0.1, -0.05) is 11.6 Å². The lowest BCUT2D eigenvalue weighted by Gasteiger charge is -2.14. The van der Waals surface area contributed by atoms with Crippen molar-refractivity contribution in [2.45, 2.75) is 25.8 Å². The molecule has 2 nitrogen and oxygen atoms in total. The minimum absolute atomic E-state index is 0.161. The SMILES string of the molecule is C[C@@H]1CC(=O)Cc2c(Cl)ccc(Br)c2N1. The normalized spacial score (nSPS) is 20.5. The average molecular weight is 289 g/mol. The van der Waals surface area contributed by atoms with Crippen LogP contribution in [0.15, 0.2) is 16.6 Å². The number of ketones is 1. The summed E-state index contributed by atoms with van der Waals surface area (Å²) in [6, 6.07) is 3.88. The molecule has 1 aromatic rings. The summed E-state index contributed by atoms with van der Waals surface area (Å²) in [5, 5.41) is 3.97. The van der Waals surface area contributed by atoms with Crippen LogP contribution < -0.4 is 5.32 Å². The van der Waals surface area contributed by atoms with Crippen LogP contribution in [0.5, 0.6) is 0 Å². The van der Waals surface area contributed by atoms with Crippen molar-refractivity contribution in [3.63, 3.8) is 0 Å². The maximum atomic E-state index is 11.6. The first-order chi connectivity index (χ1) is 7.08. The van der Waals surface area contributed by atoms with E-state index in [4.69, 9.17) is 11.6 Å². The molecule has 0 saturated carbocycles. The van der Waals surface area contributed by atoms with Gasteiger partial charge in [0.25, 0.3) is 0 Å². The molecule has 2 rings (SSSR count). The largest absolute Gasteiger partial charge is 0.381 e. The molecule has 0 aliphatic carbocycles. The highest BCUT2D eigenvalue weighted by atomic mass is 79.9. The van der Waals surface area contributed by atoms with Crippen LogP contribution in [-0.4, -0.2) is 11.8 Å². The molecule has 0 saturated heterocycles. The molecule has 1 atom stereocenters. The van der Waals surface area contributed by atoms with Crippen LogP contribution >= 0.6 is 27.5 Å². The summed E-state index contributed by atoms with van der Waals surface area (Å²) in [5.74, 6) is 0.230. The first-order valence-corrected chi connectivity index (χ1v) is 6.00. The van der Waals surface area contributed by atoms with E-state index in [0.29, 0.717) is 17.9 Å². The van der Waals surface area contributed by atoms with Gasteiger partial charge in [-0.05, 0) is 35.0 Å². The van der Waals surface area contributed by atoms with Crippen LogP contribution in [0.3, 0.4) is 0 Å². The number of carbonyl (C=O) groups excluding carboxylic acids is 1. The summed E-state index contributed by atoms with van der Waals surface area (Å²) in [6.45, 7) is 2.00. The van der Waals surface area contributed by atoms with E-state index in [1.54, 1.807) is 0 Å². The molecule has 80 valence electrons. The van der Waals surface area contributed by atoms with E-state index >= 15 is 0 Å². The van der Waals surface area contributed by atoms with Gasteiger partial charge in [0.05, 0.1) is 5.69 Å². The van der Waals surface area contributed by atoms with Crippen molar-refractivity contribution in [3.8, 4) is 0 Å². The molecule has 1 heterocycles. The van der Waals surface area contributed by atoms with Crippen molar-refractivity contribution in [2.24, 2.45) is 0 Å². The van der Waals surface area contributed by atoms with Crippen molar-refractivity contribution in [2.75, 3.05) is 5.32 Å². The molecule has 0 spiro atoms. The Morgan fingerprint density at radius 2 is 2.27 bits per heavy atom. The maximum Gasteiger partial charge on any atom is 0.139 e. The number of hydrogen-bond donors (Lipinski definition) is 1. The van der Waals surface area contributed by atoms with Gasteiger partial charge in [0, 0.05) is 33.9 Å². The molecule has 1 N–H and O–H groups in total. The summed E-state index contributed by atoms with van der Waals surface area (Å²) >= 11 is 9.55. The van der Waals surface area contributed by atoms with Crippen LogP contribution in [0.2, 0.25) is 5.02 Å². The number of halogens is 2. The second kappa shape index (κ2) is 4.14. The highest BCUT2D eigenvalue weighted by molar-refractivity contribution is 9.10. The van der Waals surface area contributed by atoms with Crippen LogP contribution in [0.1, 0.15) is 18.9 Å². The van der Waals surface area contributed by atoms with Crippen LogP contribution in [0.25, 0.3) is 0 Å². The lowest BCUT2D eigenvalue weighted by Crippen LogP contribution is -2.16. The molecule has 0 aromatic heterocycles. The first-order valence-electron chi connectivity index (χ1n) is 4.83. The number of anilines is 1. The van der Waals surface area contributed by atoms with Gasteiger partial charge >= 0.3 is 0 Å². The standard InChI is InChI=1S/C11H11BrClNO/c1-6-4-7(15)5-8-10(13)3-2-9(12)11(8)14-6/h2-3,6,14H,4-5H2,1H3/t6-/m1/s1. The lowest BCUT2D eigenvalue weighted by atomic mass is 10.1. The number of Topliss-reactive ketones (excluding diaryl/α,β-unsaturated/α-hetero) is 1. The Hall–Kier alpha value is -0.540. The smallest absolute Gasteiger partial charge is 0.139 e. The third kappa shape index (κ3) is 2.18. The van der Waals surface area contributed by atoms with E-state index in [0.717, 1.165) is 15.7 Å². The fraction of sp³-hybridized carbons (Fsp3) is 0.364. The molecule has 0 bridgehead atoms. The minimum Gasteiger partial charge on any atom is -0.381 e. The zero-order valence-corrected chi connectivity index (χ0v) is 10.7. The fourth-order valence-electron chi connectivity index (χ4n) is 1.83. The van der Waals surface area contributed by atoms with E-state index in [2.05, 4.69) is 21.2 Å². The zero-order valence-electron chi connectivity index (χ0n) is 8.31. The second-order valence-electron chi connectivity index (χ2n) is 3.85. The third-order valence-corrected chi connectivity index (χ3v) is 3.52. The van der Waals surface area contributed by atoms with Crippen molar-refractivity contribution in [1.82, 2.24) is 0 Å². The molecule has 0 unspecified atom stereocenters. The molecule has 1 aliphatic heterocycles. The van der Waals surface area contributed by atoms with Crippen molar-refractivity contribution in [1.29, 1.82) is 0 Å². The zero-order chi connectivity index (χ0) is 11.0. The Morgan fingerprint density at radius 3 is 3.00 bits per heavy atom. The molecule has 4 heteroatoms. The Morgan fingerprint density at radius 1 is 1.53 bits per heavy atom. The van der Waals surface area contributed by atoms with Crippen molar-refractivity contribution >= 4 is 39.0 Å². The summed E-state index contributed by atoms with van der Waals surface area (Å²) in [5.41, 5.74) is 1.86. The van der Waals surface area contributed by atoms with E-state index in [1.165, 1.54) is 0 Å². The molecule has 0 radical (unpaired) electrons. The van der Waals surface area contributed by atoms with Crippen LogP contribution in [-0.2, 0) is 11.2 Å². The molecule has 1 aliphatic rings. The molecular formula is C11H11BrClNO. The van der Waals surface area contributed by atoms with Gasteiger partial charge in [-0.2, -0.15) is 0 Å². The topological polar surface area (TPSA) is 29.1 Å². The number of benzene rings is 1. The predicted octanol–water partition coefficient (Wildman–Crippen LogP) is 3.42. The molecule has 15 heavy (non-hydrogen) atoms. The van der Waals surface area contributed by atoms with Crippen molar-refractivity contribution < 1.29 is 4.79 Å². The second-order valence-corrected chi connectivity index (χ2v) is 5.11. The van der Waals surface area contributed by atoms with E-state index < -0.39 is 0 Å². The third-order valence-electron chi connectivity index (χ3n) is 2.50. The number of rotatable bonds is 0. The first kappa shape index (κ1) is 11.0. The van der Waals surface area contributed by atoms with Crippen LogP contribution in [0.4, 0.5) is 5.69 Å². The quantitative estimate of drug-likeness (QED) is 0.792. The number of fused-ring (bicyclic) bond motifs is 1. The van der Waals surface area contributed by atoms with E-state index in [1.807, 2.05) is 19.1 Å². The van der Waals surface area contributed by atoms with Gasteiger partial charge in [0.1, 0.15) is 5.78 Å².